The molecule has 20 heteroatoms. The molecule has 2 aromatic carbocycles. The lowest BCUT2D eigenvalue weighted by atomic mass is 9.79. The van der Waals surface area contributed by atoms with E-state index in [4.69, 9.17) is 4.74 Å². The smallest absolute Gasteiger partial charge is 0.281 e. The Morgan fingerprint density at radius 2 is 1.51 bits per heavy atom. The minimum atomic E-state index is -4.65. The number of hydrogen-bond acceptors (Lipinski definition) is 17. The topological polar surface area (TPSA) is 293 Å². The number of morpholine rings is 1. The molecule has 2 aromatic rings. The zero-order chi connectivity index (χ0) is 39.4. The van der Waals surface area contributed by atoms with Crippen molar-refractivity contribution >= 4 is 32.0 Å². The van der Waals surface area contributed by atoms with Gasteiger partial charge in [0.1, 0.15) is 11.4 Å². The van der Waals surface area contributed by atoms with Crippen LogP contribution in [0.1, 0.15) is 54.7 Å². The van der Waals surface area contributed by atoms with Gasteiger partial charge in [-0.15, -0.1) is 0 Å². The van der Waals surface area contributed by atoms with E-state index in [2.05, 4.69) is 0 Å². The molecule has 0 aliphatic carbocycles. The van der Waals surface area contributed by atoms with Crippen molar-refractivity contribution in [2.45, 2.75) is 73.6 Å². The lowest BCUT2D eigenvalue weighted by molar-refractivity contribution is -0.435. The number of benzene rings is 2. The molecule has 51 heavy (non-hydrogen) atoms. The Balaban J connectivity index is 2.19. The summed E-state index contributed by atoms with van der Waals surface area (Å²) in [5.74, 6) is -19.7. The SMILES string of the molecule is BC(O)(c1ccc(F)c(C(O)(O)Nc2cccc(C=O)c2C(O)(O)N(C)C(O)(C(=O)NC)C(O)(O)C(O)(O)C=O)c1)N1CC(C)(C)OC(C)(C)C1. The van der Waals surface area contributed by atoms with E-state index >= 15 is 4.39 Å². The first-order valence-electron chi connectivity index (χ1n) is 15.3. The van der Waals surface area contributed by atoms with Crippen LogP contribution in [0.2, 0.25) is 0 Å². The Hall–Kier alpha value is -3.48. The van der Waals surface area contributed by atoms with Crippen molar-refractivity contribution in [3.05, 3.63) is 64.5 Å². The van der Waals surface area contributed by atoms with Crippen LogP contribution >= 0.6 is 0 Å². The number of nitrogens with one attached hydrogen (secondary N) is 2. The molecule has 0 bridgehead atoms. The number of hydrogen-bond donors (Lipinski definition) is 12. The molecule has 0 spiro atoms. The molecule has 2 atom stereocenters. The van der Waals surface area contributed by atoms with E-state index in [0.717, 1.165) is 37.4 Å². The van der Waals surface area contributed by atoms with E-state index in [1.54, 1.807) is 37.9 Å². The van der Waals surface area contributed by atoms with Crippen LogP contribution in [-0.4, -0.2) is 143 Å². The quantitative estimate of drug-likeness (QED) is 0.0526. The highest BCUT2D eigenvalue weighted by atomic mass is 19.1. The van der Waals surface area contributed by atoms with Crippen molar-refractivity contribution in [2.24, 2.45) is 0 Å². The molecule has 1 aliphatic rings. The van der Waals surface area contributed by atoms with E-state index in [1.165, 1.54) is 13.9 Å². The summed E-state index contributed by atoms with van der Waals surface area (Å²) in [7, 11) is 2.60. The van der Waals surface area contributed by atoms with Crippen LogP contribution in [0.4, 0.5) is 10.1 Å². The number of rotatable bonds is 13. The van der Waals surface area contributed by atoms with Gasteiger partial charge in [-0.05, 0) is 58.5 Å². The Morgan fingerprint density at radius 3 is 2.00 bits per heavy atom. The molecular weight excluding hydrogens is 682 g/mol. The first-order chi connectivity index (χ1) is 23.0. The van der Waals surface area contributed by atoms with Gasteiger partial charge in [0, 0.05) is 31.4 Å². The number of amides is 1. The number of carbonyl (C=O) groups is 3. The maximum absolute atomic E-state index is 15.4. The van der Waals surface area contributed by atoms with Gasteiger partial charge in [0.15, 0.2) is 20.4 Å². The fourth-order valence-corrected chi connectivity index (χ4v) is 6.22. The highest BCUT2D eigenvalue weighted by Gasteiger charge is 2.71. The summed E-state index contributed by atoms with van der Waals surface area (Å²) in [6, 6.07) is 5.84. The number of halogens is 1. The molecule has 1 amide bonds. The average Bonchev–Trinajstić information content (AvgIpc) is 3.01. The predicted molar refractivity (Wildman–Crippen MR) is 175 cm³/mol. The molecule has 0 radical (unpaired) electrons. The first-order valence-corrected chi connectivity index (χ1v) is 15.3. The summed E-state index contributed by atoms with van der Waals surface area (Å²) in [6.07, 6.45) is -0.905. The van der Waals surface area contributed by atoms with Gasteiger partial charge in [-0.25, -0.2) is 9.29 Å². The monoisotopic (exact) mass is 726 g/mol. The van der Waals surface area contributed by atoms with Crippen LogP contribution in [-0.2, 0) is 31.8 Å². The molecule has 12 N–H and O–H groups in total. The first kappa shape index (κ1) is 41.9. The van der Waals surface area contributed by atoms with Gasteiger partial charge in [0.25, 0.3) is 35.0 Å². The van der Waals surface area contributed by atoms with Gasteiger partial charge in [-0.3, -0.25) is 19.3 Å². The largest absolute Gasteiger partial charge is 0.380 e. The van der Waals surface area contributed by atoms with Crippen LogP contribution in [0.15, 0.2) is 36.4 Å². The number of nitrogens with zero attached hydrogens (tertiary/aromatic N) is 2. The summed E-state index contributed by atoms with van der Waals surface area (Å²) >= 11 is 0. The summed E-state index contributed by atoms with van der Waals surface area (Å²) in [4.78, 5) is 37.5. The van der Waals surface area contributed by atoms with Gasteiger partial charge in [0.2, 0.25) is 0 Å². The summed E-state index contributed by atoms with van der Waals surface area (Å²) in [5, 5.41) is 113. The van der Waals surface area contributed by atoms with Crippen molar-refractivity contribution in [1.82, 2.24) is 15.1 Å². The van der Waals surface area contributed by atoms with Gasteiger partial charge in [-0.1, -0.05) is 18.2 Å². The summed E-state index contributed by atoms with van der Waals surface area (Å²) < 4.78 is 21.4. The Labute approximate surface area is 292 Å². The third kappa shape index (κ3) is 7.42. The molecule has 1 fully saturated rings. The van der Waals surface area contributed by atoms with Crippen molar-refractivity contribution in [2.75, 3.05) is 32.5 Å². The Bertz CT molecular complexity index is 1650. The highest BCUT2D eigenvalue weighted by molar-refractivity contribution is 6.14. The molecule has 0 saturated carbocycles. The number of likely N-dealkylation sites (N-methyl/N-ethyl adjacent to an activating group) is 2. The maximum atomic E-state index is 15.4. The molecule has 3 rings (SSSR count). The molecule has 1 aliphatic heterocycles. The van der Waals surface area contributed by atoms with E-state index in [9.17, 15) is 65.4 Å². The number of carbonyl (C=O) groups excluding carboxylic acids is 3. The second kappa shape index (κ2) is 13.5. The van der Waals surface area contributed by atoms with Crippen molar-refractivity contribution < 1.29 is 74.6 Å². The molecule has 1 saturated heterocycles. The molecule has 18 nitrogen and oxygen atoms in total. The summed E-state index contributed by atoms with van der Waals surface area (Å²) in [5.41, 5.74) is -11.2. The van der Waals surface area contributed by atoms with Crippen LogP contribution in [0.25, 0.3) is 0 Å². The van der Waals surface area contributed by atoms with Crippen molar-refractivity contribution in [1.29, 1.82) is 0 Å². The van der Waals surface area contributed by atoms with E-state index in [1.807, 2.05) is 5.32 Å². The zero-order valence-corrected chi connectivity index (χ0v) is 28.9. The van der Waals surface area contributed by atoms with Gasteiger partial charge in [0.05, 0.1) is 22.3 Å². The van der Waals surface area contributed by atoms with Crippen LogP contribution in [0.3, 0.4) is 0 Å². The Morgan fingerprint density at radius 1 is 0.961 bits per heavy atom. The predicted octanol–water partition coefficient (Wildman–Crippen LogP) is -4.51. The number of ether oxygens (including phenoxy) is 1. The second-order valence-electron chi connectivity index (χ2n) is 13.8. The van der Waals surface area contributed by atoms with Crippen LogP contribution in [0, 0.1) is 5.82 Å². The third-order valence-corrected chi connectivity index (χ3v) is 8.73. The van der Waals surface area contributed by atoms with Crippen LogP contribution in [0.5, 0.6) is 0 Å². The standard InChI is InChI=1S/C31H44BFN4O14/c1-24(2)14-37(15-25(3,4)51-24)28(32,44)18-10-11-20(33)19(12-18)29(45,46)35-21-9-7-8-17(13-38)22(21)30(47,48)36(6)27(43,23(40)34-5)31(49,50)26(41,42)16-39/h7-13,16,35,41-50H,14-15,32H2,1-6H3,(H,34,40). The lowest BCUT2D eigenvalue weighted by Crippen LogP contribution is -2.80. The fourth-order valence-electron chi connectivity index (χ4n) is 6.22. The van der Waals surface area contributed by atoms with E-state index in [0.29, 0.717) is 7.05 Å². The highest BCUT2D eigenvalue weighted by Crippen LogP contribution is 2.42. The molecule has 2 unspecified atom stereocenters. The zero-order valence-electron chi connectivity index (χ0n) is 28.9. The fraction of sp³-hybridized carbons (Fsp3) is 0.516. The van der Waals surface area contributed by atoms with E-state index in [-0.39, 0.29) is 24.9 Å². The van der Waals surface area contributed by atoms with Gasteiger partial charge in [-0.2, -0.15) is 0 Å². The number of aldehydes is 2. The molecule has 282 valence electrons. The summed E-state index contributed by atoms with van der Waals surface area (Å²) in [6.45, 7) is 7.62. The number of aliphatic hydroxyl groups is 10. The minimum Gasteiger partial charge on any atom is -0.380 e. The minimum absolute atomic E-state index is 0.00637. The van der Waals surface area contributed by atoms with Gasteiger partial charge >= 0.3 is 0 Å². The second-order valence-corrected chi connectivity index (χ2v) is 13.8. The average molecular weight is 727 g/mol. The normalized spacial score (nSPS) is 19.5. The maximum Gasteiger partial charge on any atom is 0.281 e. The molecule has 0 aromatic heterocycles. The number of anilines is 1. The van der Waals surface area contributed by atoms with E-state index < -0.39 is 91.2 Å². The third-order valence-electron chi connectivity index (χ3n) is 8.73. The molecular formula is C31H44BFN4O14. The lowest BCUT2D eigenvalue weighted by Gasteiger charge is -2.52. The van der Waals surface area contributed by atoms with Crippen LogP contribution < -0.4 is 10.6 Å². The van der Waals surface area contributed by atoms with Crippen molar-refractivity contribution in [3.63, 3.8) is 0 Å². The van der Waals surface area contributed by atoms with Crippen molar-refractivity contribution in [3.8, 4) is 0 Å². The molecule has 1 heterocycles. The Kier molecular flexibility index (Phi) is 11.1. The van der Waals surface area contributed by atoms with Gasteiger partial charge < -0.3 is 66.4 Å².